The van der Waals surface area contributed by atoms with Gasteiger partial charge in [0, 0.05) is 5.56 Å². The maximum absolute atomic E-state index is 11.7. The van der Waals surface area contributed by atoms with Crippen molar-refractivity contribution in [2.75, 3.05) is 13.2 Å². The zero-order valence-electron chi connectivity index (χ0n) is 10.6. The van der Waals surface area contributed by atoms with Crippen LogP contribution in [0.1, 0.15) is 24.2 Å². The van der Waals surface area contributed by atoms with Crippen LogP contribution in [0.15, 0.2) is 36.4 Å². The molecule has 0 amide bonds. The monoisotopic (exact) mass is 248 g/mol. The minimum Gasteiger partial charge on any atom is -0.489 e. The molecule has 0 saturated heterocycles. The van der Waals surface area contributed by atoms with Gasteiger partial charge >= 0.3 is 5.97 Å². The Balaban J connectivity index is 2.78. The number of hydrogen-bond acceptors (Lipinski definition) is 4. The van der Waals surface area contributed by atoms with Gasteiger partial charge in [-0.3, -0.25) is 4.79 Å². The molecule has 0 aromatic heterocycles. The molecule has 0 heterocycles. The quantitative estimate of drug-likeness (QED) is 0.336. The zero-order valence-corrected chi connectivity index (χ0v) is 10.6. The smallest absolute Gasteiger partial charge is 0.379 e. The highest BCUT2D eigenvalue weighted by Crippen LogP contribution is 2.15. The summed E-state index contributed by atoms with van der Waals surface area (Å²) < 4.78 is 10.0. The molecular formula is C14H16O4. The van der Waals surface area contributed by atoms with E-state index in [1.165, 1.54) is 6.07 Å². The number of ether oxygens (including phenoxy) is 2. The second-order valence-electron chi connectivity index (χ2n) is 3.82. The SMILES string of the molecule is C=C(C)COc1cccc(C(=O)C(=O)OCC)c1. The summed E-state index contributed by atoms with van der Waals surface area (Å²) in [4.78, 5) is 23.0. The van der Waals surface area contributed by atoms with Gasteiger partial charge in [-0.15, -0.1) is 0 Å². The van der Waals surface area contributed by atoms with Crippen LogP contribution in [0.3, 0.4) is 0 Å². The van der Waals surface area contributed by atoms with Gasteiger partial charge in [-0.1, -0.05) is 18.7 Å². The number of rotatable bonds is 6. The first-order valence-electron chi connectivity index (χ1n) is 5.63. The van der Waals surface area contributed by atoms with Gasteiger partial charge in [-0.2, -0.15) is 0 Å². The third-order valence-corrected chi connectivity index (χ3v) is 2.04. The molecule has 0 aliphatic heterocycles. The van der Waals surface area contributed by atoms with Crippen molar-refractivity contribution in [3.8, 4) is 5.75 Å². The molecule has 96 valence electrons. The molecule has 0 saturated carbocycles. The summed E-state index contributed by atoms with van der Waals surface area (Å²) in [5, 5.41) is 0. The summed E-state index contributed by atoms with van der Waals surface area (Å²) in [6, 6.07) is 6.43. The maximum Gasteiger partial charge on any atom is 0.379 e. The van der Waals surface area contributed by atoms with E-state index in [0.29, 0.717) is 12.4 Å². The molecule has 18 heavy (non-hydrogen) atoms. The fourth-order valence-corrected chi connectivity index (χ4v) is 1.25. The van der Waals surface area contributed by atoms with Gasteiger partial charge in [0.15, 0.2) is 0 Å². The summed E-state index contributed by atoms with van der Waals surface area (Å²) in [5.41, 5.74) is 1.13. The summed E-state index contributed by atoms with van der Waals surface area (Å²) in [5.74, 6) is -1.000. The number of carbonyl (C=O) groups excluding carboxylic acids is 2. The lowest BCUT2D eigenvalue weighted by atomic mass is 10.1. The van der Waals surface area contributed by atoms with Gasteiger partial charge in [0.25, 0.3) is 5.78 Å². The minimum atomic E-state index is -0.852. The van der Waals surface area contributed by atoms with Crippen molar-refractivity contribution in [2.45, 2.75) is 13.8 Å². The average molecular weight is 248 g/mol. The lowest BCUT2D eigenvalue weighted by molar-refractivity contribution is -0.137. The van der Waals surface area contributed by atoms with Crippen LogP contribution in [0.4, 0.5) is 0 Å². The third kappa shape index (κ3) is 4.05. The van der Waals surface area contributed by atoms with Crippen LogP contribution < -0.4 is 4.74 Å². The van der Waals surface area contributed by atoms with E-state index >= 15 is 0 Å². The highest BCUT2D eigenvalue weighted by Gasteiger charge is 2.17. The molecule has 0 bridgehead atoms. The first kappa shape index (κ1) is 14.0. The van der Waals surface area contributed by atoms with Crippen molar-refractivity contribution >= 4 is 11.8 Å². The van der Waals surface area contributed by atoms with Crippen LogP contribution in [0.25, 0.3) is 0 Å². The largest absolute Gasteiger partial charge is 0.489 e. The van der Waals surface area contributed by atoms with Crippen LogP contribution in [-0.4, -0.2) is 25.0 Å². The highest BCUT2D eigenvalue weighted by atomic mass is 16.5. The van der Waals surface area contributed by atoms with Crippen molar-refractivity contribution in [3.63, 3.8) is 0 Å². The van der Waals surface area contributed by atoms with E-state index in [1.807, 2.05) is 6.92 Å². The van der Waals surface area contributed by atoms with Crippen LogP contribution >= 0.6 is 0 Å². The predicted octanol–water partition coefficient (Wildman–Crippen LogP) is 2.39. The van der Waals surface area contributed by atoms with E-state index in [0.717, 1.165) is 5.57 Å². The van der Waals surface area contributed by atoms with E-state index in [1.54, 1.807) is 25.1 Å². The van der Waals surface area contributed by atoms with Crippen LogP contribution in [0, 0.1) is 0 Å². The molecule has 0 aliphatic rings. The molecule has 0 fully saturated rings. The number of ketones is 1. The Morgan fingerprint density at radius 1 is 1.33 bits per heavy atom. The number of hydrogen-bond donors (Lipinski definition) is 0. The molecule has 0 atom stereocenters. The maximum atomic E-state index is 11.7. The normalized spacial score (nSPS) is 9.67. The molecular weight excluding hydrogens is 232 g/mol. The van der Waals surface area contributed by atoms with E-state index in [2.05, 4.69) is 11.3 Å². The number of Topliss-reactive ketones (excluding diaryl/α,β-unsaturated/α-hetero) is 1. The Labute approximate surface area is 106 Å². The van der Waals surface area contributed by atoms with E-state index in [-0.39, 0.29) is 12.2 Å². The summed E-state index contributed by atoms with van der Waals surface area (Å²) in [7, 11) is 0. The fraction of sp³-hybridized carbons (Fsp3) is 0.286. The first-order chi connectivity index (χ1) is 8.54. The molecule has 0 spiro atoms. The van der Waals surface area contributed by atoms with Crippen molar-refractivity contribution in [1.29, 1.82) is 0 Å². The van der Waals surface area contributed by atoms with Crippen LogP contribution in [0.2, 0.25) is 0 Å². The first-order valence-corrected chi connectivity index (χ1v) is 5.63. The molecule has 1 rings (SSSR count). The van der Waals surface area contributed by atoms with Gasteiger partial charge in [-0.05, 0) is 31.6 Å². The topological polar surface area (TPSA) is 52.6 Å². The lowest BCUT2D eigenvalue weighted by Crippen LogP contribution is -2.17. The van der Waals surface area contributed by atoms with Gasteiger partial charge < -0.3 is 9.47 Å². The number of esters is 1. The predicted molar refractivity (Wildman–Crippen MR) is 67.7 cm³/mol. The standard InChI is InChI=1S/C14H16O4/c1-4-17-14(16)13(15)11-6-5-7-12(8-11)18-9-10(2)3/h5-8H,2,4,9H2,1,3H3. The Bertz CT molecular complexity index is 463. The van der Waals surface area contributed by atoms with Gasteiger partial charge in [-0.25, -0.2) is 4.79 Å². The minimum absolute atomic E-state index is 0.177. The molecule has 0 radical (unpaired) electrons. The van der Waals surface area contributed by atoms with E-state index in [9.17, 15) is 9.59 Å². The molecule has 1 aromatic carbocycles. The van der Waals surface area contributed by atoms with Gasteiger partial charge in [0.2, 0.25) is 0 Å². The summed E-state index contributed by atoms with van der Waals surface area (Å²) in [6.07, 6.45) is 0. The van der Waals surface area contributed by atoms with Crippen molar-refractivity contribution < 1.29 is 19.1 Å². The van der Waals surface area contributed by atoms with Crippen LogP contribution in [-0.2, 0) is 9.53 Å². The highest BCUT2D eigenvalue weighted by molar-refractivity contribution is 6.40. The van der Waals surface area contributed by atoms with Crippen LogP contribution in [0.5, 0.6) is 5.75 Å². The molecule has 0 unspecified atom stereocenters. The van der Waals surface area contributed by atoms with E-state index < -0.39 is 11.8 Å². The third-order valence-electron chi connectivity index (χ3n) is 2.04. The number of benzene rings is 1. The Kier molecular flexibility index (Phi) is 5.11. The van der Waals surface area contributed by atoms with E-state index in [4.69, 9.17) is 4.74 Å². The summed E-state index contributed by atoms with van der Waals surface area (Å²) >= 11 is 0. The second-order valence-corrected chi connectivity index (χ2v) is 3.82. The Hall–Kier alpha value is -2.10. The number of carbonyl (C=O) groups is 2. The van der Waals surface area contributed by atoms with Gasteiger partial charge in [0.05, 0.1) is 6.61 Å². The second kappa shape index (κ2) is 6.59. The molecule has 1 aromatic rings. The van der Waals surface area contributed by atoms with Gasteiger partial charge in [0.1, 0.15) is 12.4 Å². The lowest BCUT2D eigenvalue weighted by Gasteiger charge is -2.07. The molecule has 0 N–H and O–H groups in total. The van der Waals surface area contributed by atoms with Crippen molar-refractivity contribution in [1.82, 2.24) is 0 Å². The van der Waals surface area contributed by atoms with Crippen molar-refractivity contribution in [2.24, 2.45) is 0 Å². The summed E-state index contributed by atoms with van der Waals surface area (Å²) in [6.45, 7) is 7.75. The van der Waals surface area contributed by atoms with Crippen molar-refractivity contribution in [3.05, 3.63) is 42.0 Å². The molecule has 4 heteroatoms. The average Bonchev–Trinajstić information content (AvgIpc) is 2.36. The fourth-order valence-electron chi connectivity index (χ4n) is 1.25. The zero-order chi connectivity index (χ0) is 13.5. The Morgan fingerprint density at radius 2 is 2.06 bits per heavy atom. The Morgan fingerprint density at radius 3 is 2.67 bits per heavy atom. The molecule has 4 nitrogen and oxygen atoms in total. The molecule has 0 aliphatic carbocycles.